The second-order valence-electron chi connectivity index (χ2n) is 7.63. The lowest BCUT2D eigenvalue weighted by atomic mass is 9.99. The van der Waals surface area contributed by atoms with Crippen LogP contribution in [0.25, 0.3) is 0 Å². The summed E-state index contributed by atoms with van der Waals surface area (Å²) in [6.07, 6.45) is 4.19. The third-order valence-electron chi connectivity index (χ3n) is 5.68. The lowest BCUT2D eigenvalue weighted by Gasteiger charge is -2.29. The molecule has 0 saturated heterocycles. The molecular weight excluding hydrogens is 390 g/mol. The van der Waals surface area contributed by atoms with Gasteiger partial charge in [0.05, 0.1) is 13.2 Å². The zero-order valence-corrected chi connectivity index (χ0v) is 17.1. The molecule has 4 rings (SSSR count). The molecule has 7 heteroatoms. The van der Waals surface area contributed by atoms with Crippen LogP contribution in [0.5, 0.6) is 11.5 Å². The fourth-order valence-electron chi connectivity index (χ4n) is 4.37. The van der Waals surface area contributed by atoms with Crippen LogP contribution in [-0.2, 0) is 5.72 Å². The molecule has 0 aliphatic carbocycles. The van der Waals surface area contributed by atoms with Gasteiger partial charge in [0.15, 0.2) is 6.54 Å². The summed E-state index contributed by atoms with van der Waals surface area (Å²) in [4.78, 5) is 1.98. The van der Waals surface area contributed by atoms with Crippen molar-refractivity contribution in [3.63, 3.8) is 0 Å². The minimum absolute atomic E-state index is 0.0742. The number of amidine groups is 1. The first-order valence-electron chi connectivity index (χ1n) is 10.4. The maximum absolute atomic E-state index is 12.5. The third kappa shape index (κ3) is 3.99. The van der Waals surface area contributed by atoms with E-state index >= 15 is 0 Å². The number of halogens is 2. The van der Waals surface area contributed by atoms with Crippen LogP contribution >= 0.6 is 0 Å². The van der Waals surface area contributed by atoms with Crippen molar-refractivity contribution in [3.05, 3.63) is 54.1 Å². The van der Waals surface area contributed by atoms with Gasteiger partial charge in [-0.15, -0.1) is 0 Å². The predicted octanol–water partition coefficient (Wildman–Crippen LogP) is 4.34. The van der Waals surface area contributed by atoms with E-state index in [0.29, 0.717) is 18.7 Å². The molecule has 0 bridgehead atoms. The lowest BCUT2D eigenvalue weighted by Crippen LogP contribution is -2.47. The van der Waals surface area contributed by atoms with E-state index in [0.717, 1.165) is 49.5 Å². The number of rotatable bonds is 6. The molecule has 1 atom stereocenters. The Labute approximate surface area is 175 Å². The summed E-state index contributed by atoms with van der Waals surface area (Å²) in [5.41, 5.74) is 0.204. The number of nitrogens with zero attached hydrogens (tertiary/aromatic N) is 2. The van der Waals surface area contributed by atoms with Gasteiger partial charge < -0.3 is 14.6 Å². The van der Waals surface area contributed by atoms with Crippen LogP contribution in [0.3, 0.4) is 0 Å². The van der Waals surface area contributed by atoms with Crippen molar-refractivity contribution in [3.8, 4) is 11.5 Å². The zero-order valence-electron chi connectivity index (χ0n) is 17.1. The van der Waals surface area contributed by atoms with E-state index < -0.39 is 12.3 Å². The first-order chi connectivity index (χ1) is 14.5. The fraction of sp³-hybridized carbons (Fsp3) is 0.435. The number of hydrogen-bond acceptors (Lipinski definition) is 4. The molecule has 160 valence electrons. The van der Waals surface area contributed by atoms with E-state index in [1.807, 2.05) is 36.1 Å². The maximum Gasteiger partial charge on any atom is 0.387 e. The molecule has 2 aromatic carbocycles. The van der Waals surface area contributed by atoms with Crippen LogP contribution < -0.4 is 14.4 Å². The summed E-state index contributed by atoms with van der Waals surface area (Å²) in [6.45, 7) is 0.959. The Morgan fingerprint density at radius 1 is 1.03 bits per heavy atom. The van der Waals surface area contributed by atoms with Gasteiger partial charge in [-0.2, -0.15) is 13.7 Å². The molecule has 1 N–H and O–H groups in total. The molecule has 0 radical (unpaired) electrons. The second-order valence-corrected chi connectivity index (χ2v) is 7.63. The zero-order chi connectivity index (χ0) is 21.1. The van der Waals surface area contributed by atoms with Gasteiger partial charge in [0.25, 0.3) is 11.6 Å². The first kappa shape index (κ1) is 20.6. The van der Waals surface area contributed by atoms with Crippen molar-refractivity contribution in [2.45, 2.75) is 44.9 Å². The Morgan fingerprint density at radius 2 is 1.73 bits per heavy atom. The molecule has 0 unspecified atom stereocenters. The molecule has 5 nitrogen and oxygen atoms in total. The Morgan fingerprint density at radius 3 is 2.40 bits per heavy atom. The summed E-state index contributed by atoms with van der Waals surface area (Å²) < 4.78 is 37.3. The Balaban J connectivity index is 1.71. The minimum atomic E-state index is -2.88. The number of aliphatic hydroxyl groups is 1. The number of ether oxygens (including phenoxy) is 2. The number of anilines is 1. The van der Waals surface area contributed by atoms with Gasteiger partial charge in [0, 0.05) is 12.0 Å². The normalized spacial score (nSPS) is 21.6. The maximum atomic E-state index is 12.5. The smallest absolute Gasteiger partial charge is 0.387 e. The van der Waals surface area contributed by atoms with E-state index in [-0.39, 0.29) is 5.75 Å². The van der Waals surface area contributed by atoms with Crippen LogP contribution in [0.15, 0.2) is 48.5 Å². The van der Waals surface area contributed by atoms with E-state index in [2.05, 4.69) is 9.31 Å². The highest BCUT2D eigenvalue weighted by Gasteiger charge is 2.54. The van der Waals surface area contributed by atoms with Crippen LogP contribution in [0.1, 0.15) is 38.2 Å². The molecule has 0 spiro atoms. The van der Waals surface area contributed by atoms with Crippen molar-refractivity contribution < 1.29 is 27.9 Å². The van der Waals surface area contributed by atoms with Gasteiger partial charge in [-0.3, -0.25) is 4.58 Å². The topological polar surface area (TPSA) is 44.9 Å². The van der Waals surface area contributed by atoms with Crippen molar-refractivity contribution in [1.82, 2.24) is 0 Å². The average molecular weight is 417 g/mol. The molecule has 0 aromatic heterocycles. The predicted molar refractivity (Wildman–Crippen MR) is 111 cm³/mol. The summed E-state index contributed by atoms with van der Waals surface area (Å²) in [7, 11) is 0. The molecule has 0 amide bonds. The molecule has 2 aliphatic heterocycles. The third-order valence-corrected chi connectivity index (χ3v) is 5.68. The van der Waals surface area contributed by atoms with Crippen molar-refractivity contribution in [2.24, 2.45) is 0 Å². The molecule has 2 aliphatic rings. The van der Waals surface area contributed by atoms with Crippen molar-refractivity contribution in [2.75, 3.05) is 24.6 Å². The Bertz CT molecular complexity index is 900. The quantitative estimate of drug-likeness (QED) is 0.711. The second kappa shape index (κ2) is 8.60. The fourth-order valence-corrected chi connectivity index (χ4v) is 4.37. The molecule has 0 fully saturated rings. The molecule has 2 aromatic rings. The molecule has 2 heterocycles. The Hall–Kier alpha value is -2.67. The van der Waals surface area contributed by atoms with E-state index in [4.69, 9.17) is 4.74 Å². The van der Waals surface area contributed by atoms with Crippen LogP contribution in [0, 0.1) is 0 Å². The number of benzene rings is 2. The van der Waals surface area contributed by atoms with E-state index in [1.165, 1.54) is 12.1 Å². The first-order valence-corrected chi connectivity index (χ1v) is 10.4. The minimum Gasteiger partial charge on any atom is -0.494 e. The average Bonchev–Trinajstić information content (AvgIpc) is 2.85. The summed E-state index contributed by atoms with van der Waals surface area (Å²) in [6, 6.07) is 14.0. The van der Waals surface area contributed by atoms with Gasteiger partial charge >= 0.3 is 6.61 Å². The summed E-state index contributed by atoms with van der Waals surface area (Å²) in [5.74, 6) is 1.94. The number of hydrogen-bond donors (Lipinski definition) is 1. The highest BCUT2D eigenvalue weighted by molar-refractivity contribution is 5.97. The van der Waals surface area contributed by atoms with Crippen LogP contribution in [-0.4, -0.2) is 41.8 Å². The van der Waals surface area contributed by atoms with Gasteiger partial charge in [-0.25, -0.2) is 0 Å². The van der Waals surface area contributed by atoms with Crippen LogP contribution in [0.4, 0.5) is 14.5 Å². The standard InChI is InChI=1S/C23H27F2N2O3/c1-2-29-19-13-9-18(10-14-19)27-21-6-4-3-5-15-26(21)16-23(27,28)17-7-11-20(12-8-17)30-22(24)25/h7-14,22,28H,2-6,15-16H2,1H3/q+1/t23-/m1/s1. The highest BCUT2D eigenvalue weighted by Crippen LogP contribution is 2.38. The highest BCUT2D eigenvalue weighted by atomic mass is 19.3. The molecule has 0 saturated carbocycles. The van der Waals surface area contributed by atoms with Gasteiger partial charge in [0.1, 0.15) is 17.2 Å². The van der Waals surface area contributed by atoms with Gasteiger partial charge in [-0.1, -0.05) is 0 Å². The van der Waals surface area contributed by atoms with Gasteiger partial charge in [-0.05, 0) is 74.7 Å². The number of alkyl halides is 2. The van der Waals surface area contributed by atoms with Crippen LogP contribution in [0.2, 0.25) is 0 Å². The molecular formula is C23H27F2N2O3+. The largest absolute Gasteiger partial charge is 0.494 e. The molecule has 30 heavy (non-hydrogen) atoms. The van der Waals surface area contributed by atoms with Crippen molar-refractivity contribution >= 4 is 11.5 Å². The van der Waals surface area contributed by atoms with E-state index in [1.54, 1.807) is 12.1 Å². The van der Waals surface area contributed by atoms with Crippen molar-refractivity contribution in [1.29, 1.82) is 0 Å². The summed E-state index contributed by atoms with van der Waals surface area (Å²) >= 11 is 0. The van der Waals surface area contributed by atoms with Gasteiger partial charge in [0.2, 0.25) is 0 Å². The SMILES string of the molecule is CCOc1ccc(N2C3=[N+](CCCCC3)C[C@@]2(O)c2ccc(OC(F)F)cc2)cc1. The summed E-state index contributed by atoms with van der Waals surface area (Å²) in [5, 5.41) is 11.9. The Kier molecular flexibility index (Phi) is 5.90. The van der Waals surface area contributed by atoms with E-state index in [9.17, 15) is 13.9 Å². The monoisotopic (exact) mass is 417 g/mol. The lowest BCUT2D eigenvalue weighted by molar-refractivity contribution is -0.534.